The van der Waals surface area contributed by atoms with Gasteiger partial charge in [-0.05, 0) is 23.1 Å². The Kier molecular flexibility index (Phi) is 8.29. The van der Waals surface area contributed by atoms with Crippen molar-refractivity contribution in [1.82, 2.24) is 5.32 Å². The Bertz CT molecular complexity index is 733. The Morgan fingerprint density at radius 3 is 2.27 bits per heavy atom. The highest BCUT2D eigenvalue weighted by molar-refractivity contribution is 6.03. The van der Waals surface area contributed by atoms with Crippen LogP contribution in [0.25, 0.3) is 0 Å². The van der Waals surface area contributed by atoms with E-state index < -0.39 is 0 Å². The summed E-state index contributed by atoms with van der Waals surface area (Å²) < 4.78 is 0. The van der Waals surface area contributed by atoms with E-state index in [0.29, 0.717) is 30.8 Å². The predicted octanol–water partition coefficient (Wildman–Crippen LogP) is 3.10. The number of nitrogens with one attached hydrogen (secondary N) is 2. The molecule has 0 bridgehead atoms. The third kappa shape index (κ3) is 5.86. The maximum absolute atomic E-state index is 12.5. The Morgan fingerprint density at radius 2 is 1.62 bits per heavy atom. The molecule has 0 unspecified atom stereocenters. The fraction of sp³-hybridized carbons (Fsp3) is 0.300. The van der Waals surface area contributed by atoms with Gasteiger partial charge in [-0.1, -0.05) is 56.3 Å². The lowest BCUT2D eigenvalue weighted by molar-refractivity contribution is -0.117. The van der Waals surface area contributed by atoms with Crippen molar-refractivity contribution in [2.45, 2.75) is 25.7 Å². The standard InChI is InChI=1S/C20H25N3O2.ClH/c1-20(2,15-8-4-3-5-9-15)14-18(24)23-17-11-7-6-10-16(17)19(25)22-13-12-21;/h3-11H,12-14,21H2,1-2H3,(H,22,25)(H,23,24);1H. The molecule has 0 aliphatic heterocycles. The van der Waals surface area contributed by atoms with E-state index in [2.05, 4.69) is 10.6 Å². The maximum Gasteiger partial charge on any atom is 0.253 e. The highest BCUT2D eigenvalue weighted by Gasteiger charge is 2.24. The molecule has 2 aromatic carbocycles. The monoisotopic (exact) mass is 375 g/mol. The van der Waals surface area contributed by atoms with E-state index in [-0.39, 0.29) is 29.6 Å². The molecule has 26 heavy (non-hydrogen) atoms. The lowest BCUT2D eigenvalue weighted by Gasteiger charge is -2.24. The fourth-order valence-electron chi connectivity index (χ4n) is 2.66. The zero-order valence-corrected chi connectivity index (χ0v) is 15.9. The first-order chi connectivity index (χ1) is 11.9. The van der Waals surface area contributed by atoms with Crippen LogP contribution in [0, 0.1) is 0 Å². The molecule has 0 aliphatic rings. The second kappa shape index (κ2) is 9.94. The van der Waals surface area contributed by atoms with Crippen LogP contribution in [0.3, 0.4) is 0 Å². The second-order valence-corrected chi connectivity index (χ2v) is 6.57. The summed E-state index contributed by atoms with van der Waals surface area (Å²) in [5.41, 5.74) is 7.14. The highest BCUT2D eigenvalue weighted by Crippen LogP contribution is 2.27. The third-order valence-electron chi connectivity index (χ3n) is 4.03. The third-order valence-corrected chi connectivity index (χ3v) is 4.03. The first-order valence-electron chi connectivity index (χ1n) is 8.37. The van der Waals surface area contributed by atoms with Crippen molar-refractivity contribution < 1.29 is 9.59 Å². The molecular formula is C20H26ClN3O2. The van der Waals surface area contributed by atoms with Crippen LogP contribution >= 0.6 is 12.4 Å². The summed E-state index contributed by atoms with van der Waals surface area (Å²) in [6, 6.07) is 16.9. The van der Waals surface area contributed by atoms with Crippen LogP contribution in [0.4, 0.5) is 5.69 Å². The van der Waals surface area contributed by atoms with Crippen molar-refractivity contribution in [3.8, 4) is 0 Å². The predicted molar refractivity (Wildman–Crippen MR) is 108 cm³/mol. The van der Waals surface area contributed by atoms with Gasteiger partial charge in [0.15, 0.2) is 0 Å². The van der Waals surface area contributed by atoms with Crippen LogP contribution in [0.1, 0.15) is 36.2 Å². The van der Waals surface area contributed by atoms with Crippen molar-refractivity contribution >= 4 is 29.9 Å². The SMILES string of the molecule is CC(C)(CC(=O)Nc1ccccc1C(=O)NCCN)c1ccccc1.Cl. The molecule has 0 fully saturated rings. The molecule has 0 saturated carbocycles. The van der Waals surface area contributed by atoms with E-state index in [4.69, 9.17) is 5.73 Å². The number of anilines is 1. The van der Waals surface area contributed by atoms with Crippen LogP contribution in [0.5, 0.6) is 0 Å². The first-order valence-corrected chi connectivity index (χ1v) is 8.37. The number of para-hydroxylation sites is 1. The van der Waals surface area contributed by atoms with Crippen molar-refractivity contribution in [3.05, 3.63) is 65.7 Å². The van der Waals surface area contributed by atoms with Crippen molar-refractivity contribution in [2.75, 3.05) is 18.4 Å². The van der Waals surface area contributed by atoms with Crippen LogP contribution in [0.15, 0.2) is 54.6 Å². The molecule has 0 radical (unpaired) electrons. The Hall–Kier alpha value is -2.37. The molecule has 2 rings (SSSR count). The molecule has 140 valence electrons. The smallest absolute Gasteiger partial charge is 0.253 e. The molecule has 0 atom stereocenters. The molecule has 5 nitrogen and oxygen atoms in total. The number of benzene rings is 2. The summed E-state index contributed by atoms with van der Waals surface area (Å²) in [4.78, 5) is 24.7. The van der Waals surface area contributed by atoms with Gasteiger partial charge < -0.3 is 16.4 Å². The number of amides is 2. The van der Waals surface area contributed by atoms with E-state index >= 15 is 0 Å². The summed E-state index contributed by atoms with van der Waals surface area (Å²) in [5, 5.41) is 5.58. The minimum absolute atomic E-state index is 0. The van der Waals surface area contributed by atoms with E-state index in [1.54, 1.807) is 24.3 Å². The van der Waals surface area contributed by atoms with Crippen LogP contribution in [0.2, 0.25) is 0 Å². The zero-order chi connectivity index (χ0) is 18.3. The lowest BCUT2D eigenvalue weighted by atomic mass is 9.81. The number of rotatable bonds is 7. The van der Waals surface area contributed by atoms with Gasteiger partial charge in [-0.15, -0.1) is 12.4 Å². The molecule has 0 aliphatic carbocycles. The summed E-state index contributed by atoms with van der Waals surface area (Å²) in [5.74, 6) is -0.378. The minimum Gasteiger partial charge on any atom is -0.351 e. The molecule has 6 heteroatoms. The molecule has 0 spiro atoms. The Balaban J connectivity index is 0.00000338. The van der Waals surface area contributed by atoms with Crippen molar-refractivity contribution in [3.63, 3.8) is 0 Å². The Labute approximate surface area is 160 Å². The normalized spacial score (nSPS) is 10.6. The quantitative estimate of drug-likeness (QED) is 0.695. The van der Waals surface area contributed by atoms with E-state index in [9.17, 15) is 9.59 Å². The van der Waals surface area contributed by atoms with Gasteiger partial charge >= 0.3 is 0 Å². The van der Waals surface area contributed by atoms with Gasteiger partial charge in [-0.2, -0.15) is 0 Å². The maximum atomic E-state index is 12.5. The van der Waals surface area contributed by atoms with Gasteiger partial charge in [0.25, 0.3) is 5.91 Å². The average Bonchev–Trinajstić information content (AvgIpc) is 2.60. The number of carbonyl (C=O) groups excluding carboxylic acids is 2. The molecule has 2 aromatic rings. The van der Waals surface area contributed by atoms with Crippen LogP contribution in [-0.2, 0) is 10.2 Å². The van der Waals surface area contributed by atoms with E-state index in [0.717, 1.165) is 5.56 Å². The van der Waals surface area contributed by atoms with Gasteiger partial charge in [0.1, 0.15) is 0 Å². The summed E-state index contributed by atoms with van der Waals surface area (Å²) in [6.07, 6.45) is 0.315. The molecule has 0 aromatic heterocycles. The number of carbonyl (C=O) groups is 2. The minimum atomic E-state index is -0.303. The van der Waals surface area contributed by atoms with Crippen LogP contribution < -0.4 is 16.4 Å². The first kappa shape index (κ1) is 21.7. The van der Waals surface area contributed by atoms with Crippen molar-refractivity contribution in [2.24, 2.45) is 5.73 Å². The largest absolute Gasteiger partial charge is 0.351 e. The number of halogens is 1. The summed E-state index contributed by atoms with van der Waals surface area (Å²) in [7, 11) is 0. The number of hydrogen-bond donors (Lipinski definition) is 3. The van der Waals surface area contributed by atoms with E-state index in [1.807, 2.05) is 44.2 Å². The zero-order valence-electron chi connectivity index (χ0n) is 15.1. The van der Waals surface area contributed by atoms with Crippen LogP contribution in [-0.4, -0.2) is 24.9 Å². The van der Waals surface area contributed by atoms with Gasteiger partial charge in [-0.3, -0.25) is 9.59 Å². The van der Waals surface area contributed by atoms with E-state index in [1.165, 1.54) is 0 Å². The number of hydrogen-bond acceptors (Lipinski definition) is 3. The molecule has 0 saturated heterocycles. The Morgan fingerprint density at radius 1 is 1.00 bits per heavy atom. The summed E-state index contributed by atoms with van der Waals surface area (Å²) >= 11 is 0. The molecule has 0 heterocycles. The van der Waals surface area contributed by atoms with Gasteiger partial charge in [0.05, 0.1) is 11.3 Å². The van der Waals surface area contributed by atoms with Gasteiger partial charge in [0, 0.05) is 19.5 Å². The lowest BCUT2D eigenvalue weighted by Crippen LogP contribution is -2.30. The topological polar surface area (TPSA) is 84.2 Å². The highest BCUT2D eigenvalue weighted by atomic mass is 35.5. The van der Waals surface area contributed by atoms with Gasteiger partial charge in [-0.25, -0.2) is 0 Å². The molecular weight excluding hydrogens is 350 g/mol. The van der Waals surface area contributed by atoms with Crippen molar-refractivity contribution in [1.29, 1.82) is 0 Å². The number of nitrogens with two attached hydrogens (primary N) is 1. The second-order valence-electron chi connectivity index (χ2n) is 6.57. The van der Waals surface area contributed by atoms with Gasteiger partial charge in [0.2, 0.25) is 5.91 Å². The average molecular weight is 376 g/mol. The summed E-state index contributed by atoms with van der Waals surface area (Å²) in [6.45, 7) is 4.82. The molecule has 2 amide bonds. The molecule has 4 N–H and O–H groups in total. The fourth-order valence-corrected chi connectivity index (χ4v) is 2.66.